The Morgan fingerprint density at radius 1 is 0.962 bits per heavy atom. The zero-order chi connectivity index (χ0) is 17.8. The third-order valence-corrected chi connectivity index (χ3v) is 3.81. The molecule has 0 saturated carbocycles. The van der Waals surface area contributed by atoms with E-state index in [9.17, 15) is 9.90 Å². The van der Waals surface area contributed by atoms with Gasteiger partial charge in [0.05, 0.1) is 25.6 Å². The van der Waals surface area contributed by atoms with Gasteiger partial charge in [0.1, 0.15) is 17.3 Å². The zero-order valence-corrected chi connectivity index (χ0v) is 16.9. The van der Waals surface area contributed by atoms with Crippen molar-refractivity contribution in [3.05, 3.63) is 54.4 Å². The summed E-state index contributed by atoms with van der Waals surface area (Å²) in [4.78, 5) is 18.5. The van der Waals surface area contributed by atoms with Gasteiger partial charge in [-0.2, -0.15) is 0 Å². The van der Waals surface area contributed by atoms with Crippen LogP contribution in [0.25, 0.3) is 22.5 Å². The predicted octanol–water partition coefficient (Wildman–Crippen LogP) is -0.943. The number of carboxylic acid groups (broad SMARTS) is 1. The Kier molecular flexibility index (Phi) is 6.85. The number of rotatable bonds is 6. The van der Waals surface area contributed by atoms with Gasteiger partial charge in [0, 0.05) is 23.5 Å². The molecule has 3 rings (SSSR count). The van der Waals surface area contributed by atoms with Crippen LogP contribution in [0.3, 0.4) is 0 Å². The van der Waals surface area contributed by atoms with Crippen LogP contribution in [0, 0.1) is 0 Å². The summed E-state index contributed by atoms with van der Waals surface area (Å²) >= 11 is 0. The van der Waals surface area contributed by atoms with E-state index < -0.39 is 5.97 Å². The van der Waals surface area contributed by atoms with Crippen molar-refractivity contribution in [3.8, 4) is 34.0 Å². The van der Waals surface area contributed by atoms with Gasteiger partial charge in [0.2, 0.25) is 0 Å². The number of imidazole rings is 1. The fourth-order valence-electron chi connectivity index (χ4n) is 2.57. The number of carbonyl (C=O) groups is 1. The van der Waals surface area contributed by atoms with Crippen LogP contribution in [0.15, 0.2) is 48.5 Å². The molecule has 0 aliphatic carbocycles. The second-order valence-corrected chi connectivity index (χ2v) is 5.41. The number of aromatic amines is 1. The quantitative estimate of drug-likeness (QED) is 0.573. The van der Waals surface area contributed by atoms with Crippen LogP contribution in [0.2, 0.25) is 0 Å². The molecule has 0 atom stereocenters. The van der Waals surface area contributed by atoms with Crippen LogP contribution in [0.1, 0.15) is 5.82 Å². The molecule has 1 aromatic heterocycles. The molecule has 7 heteroatoms. The molecule has 0 saturated heterocycles. The summed E-state index contributed by atoms with van der Waals surface area (Å²) in [6.07, 6.45) is -0.278. The summed E-state index contributed by atoms with van der Waals surface area (Å²) in [5.41, 5.74) is 3.14. The first-order valence-electron chi connectivity index (χ1n) is 7.68. The smallest absolute Gasteiger partial charge is 0.550 e. The Labute approximate surface area is 173 Å². The van der Waals surface area contributed by atoms with E-state index in [2.05, 4.69) is 9.97 Å². The van der Waals surface area contributed by atoms with Gasteiger partial charge < -0.3 is 24.4 Å². The van der Waals surface area contributed by atoms with Crippen molar-refractivity contribution < 1.29 is 48.9 Å². The minimum Gasteiger partial charge on any atom is -0.550 e. The van der Waals surface area contributed by atoms with Gasteiger partial charge in [0.25, 0.3) is 0 Å². The van der Waals surface area contributed by atoms with Crippen LogP contribution in [0.5, 0.6) is 11.5 Å². The standard InChI is InChI=1S/C19H18N2O4.Na/c1-24-14-7-3-12(4-8-14)18-19(21-16(20-18)11-17(22)23)13-5-9-15(25-2)10-6-13;/h3-10H,11H2,1-2H3,(H,20,21)(H,22,23);/q;+1/p-1. The molecule has 0 bridgehead atoms. The number of H-pyrrole nitrogens is 1. The number of carboxylic acids is 1. The maximum atomic E-state index is 10.9. The van der Waals surface area contributed by atoms with Gasteiger partial charge in [-0.15, -0.1) is 0 Å². The fourth-order valence-corrected chi connectivity index (χ4v) is 2.57. The van der Waals surface area contributed by atoms with Crippen molar-refractivity contribution in [2.24, 2.45) is 0 Å². The minimum atomic E-state index is -1.18. The Morgan fingerprint density at radius 2 is 1.46 bits per heavy atom. The van der Waals surface area contributed by atoms with Crippen molar-refractivity contribution in [1.82, 2.24) is 9.97 Å². The maximum Gasteiger partial charge on any atom is 1.00 e. The Hall–Kier alpha value is -2.28. The molecule has 0 unspecified atom stereocenters. The van der Waals surface area contributed by atoms with E-state index >= 15 is 0 Å². The normalized spacial score (nSPS) is 10.1. The summed E-state index contributed by atoms with van der Waals surface area (Å²) in [5.74, 6) is 0.636. The number of carbonyl (C=O) groups excluding carboxylic acids is 1. The average Bonchev–Trinajstić information content (AvgIpc) is 3.05. The van der Waals surface area contributed by atoms with E-state index in [1.54, 1.807) is 14.2 Å². The number of nitrogens with one attached hydrogen (secondary N) is 1. The molecule has 1 heterocycles. The molecule has 3 aromatic rings. The first-order chi connectivity index (χ1) is 12.1. The topological polar surface area (TPSA) is 87.3 Å². The molecular formula is C19H17N2NaO4. The van der Waals surface area contributed by atoms with Crippen molar-refractivity contribution >= 4 is 5.97 Å². The van der Waals surface area contributed by atoms with Crippen molar-refractivity contribution in [3.63, 3.8) is 0 Å². The SMILES string of the molecule is COc1ccc(-c2nc(CC(=O)[O-])[nH]c2-c2ccc(OC)cc2)cc1.[Na+]. The number of hydrogen-bond acceptors (Lipinski definition) is 5. The molecule has 0 amide bonds. The molecule has 0 fully saturated rings. The van der Waals surface area contributed by atoms with Crippen LogP contribution < -0.4 is 44.1 Å². The Balaban J connectivity index is 0.00000243. The van der Waals surface area contributed by atoms with E-state index in [4.69, 9.17) is 9.47 Å². The van der Waals surface area contributed by atoms with Crippen molar-refractivity contribution in [2.75, 3.05) is 14.2 Å². The van der Waals surface area contributed by atoms with Crippen LogP contribution >= 0.6 is 0 Å². The number of aromatic nitrogens is 2. The molecule has 26 heavy (non-hydrogen) atoms. The van der Waals surface area contributed by atoms with Gasteiger partial charge in [-0.1, -0.05) is 0 Å². The van der Waals surface area contributed by atoms with Gasteiger partial charge in [-0.25, -0.2) is 4.98 Å². The Bertz CT molecular complexity index is 809. The maximum absolute atomic E-state index is 10.9. The Morgan fingerprint density at radius 3 is 1.92 bits per heavy atom. The van der Waals surface area contributed by atoms with Crippen LogP contribution in [-0.4, -0.2) is 30.2 Å². The zero-order valence-electron chi connectivity index (χ0n) is 14.9. The molecule has 0 aliphatic rings. The van der Waals surface area contributed by atoms with Crippen molar-refractivity contribution in [2.45, 2.75) is 6.42 Å². The summed E-state index contributed by atoms with van der Waals surface area (Å²) in [6.45, 7) is 0. The fraction of sp³-hybridized carbons (Fsp3) is 0.158. The average molecular weight is 360 g/mol. The number of methoxy groups -OCH3 is 2. The van der Waals surface area contributed by atoms with Crippen LogP contribution in [-0.2, 0) is 11.2 Å². The van der Waals surface area contributed by atoms with Gasteiger partial charge >= 0.3 is 29.6 Å². The van der Waals surface area contributed by atoms with E-state index in [-0.39, 0.29) is 36.0 Å². The molecule has 0 spiro atoms. The van der Waals surface area contributed by atoms with Crippen molar-refractivity contribution in [1.29, 1.82) is 0 Å². The largest absolute Gasteiger partial charge is 1.00 e. The molecule has 0 aliphatic heterocycles. The summed E-state index contributed by atoms with van der Waals surface area (Å²) in [7, 11) is 3.20. The third-order valence-electron chi connectivity index (χ3n) is 3.81. The molecule has 0 radical (unpaired) electrons. The van der Waals surface area contributed by atoms with E-state index in [0.717, 1.165) is 28.3 Å². The van der Waals surface area contributed by atoms with Gasteiger partial charge in [-0.3, -0.25) is 0 Å². The van der Waals surface area contributed by atoms with E-state index in [1.807, 2.05) is 48.5 Å². The molecular weight excluding hydrogens is 343 g/mol. The number of hydrogen-bond donors (Lipinski definition) is 1. The summed E-state index contributed by atoms with van der Waals surface area (Å²) in [5, 5.41) is 10.9. The summed E-state index contributed by atoms with van der Waals surface area (Å²) in [6, 6.07) is 14.9. The first kappa shape index (κ1) is 20.0. The van der Waals surface area contributed by atoms with Crippen LogP contribution in [0.4, 0.5) is 0 Å². The number of nitrogens with zero attached hydrogens (tertiary/aromatic N) is 1. The third kappa shape index (κ3) is 4.46. The molecule has 6 nitrogen and oxygen atoms in total. The number of ether oxygens (including phenoxy) is 2. The monoisotopic (exact) mass is 360 g/mol. The van der Waals surface area contributed by atoms with Gasteiger partial charge in [-0.05, 0) is 48.5 Å². The first-order valence-corrected chi connectivity index (χ1v) is 7.68. The van der Waals surface area contributed by atoms with E-state index in [0.29, 0.717) is 11.5 Å². The summed E-state index contributed by atoms with van der Waals surface area (Å²) < 4.78 is 10.4. The van der Waals surface area contributed by atoms with E-state index in [1.165, 1.54) is 0 Å². The minimum absolute atomic E-state index is 0. The number of aliphatic carboxylic acids is 1. The van der Waals surface area contributed by atoms with Gasteiger partial charge in [0.15, 0.2) is 0 Å². The number of benzene rings is 2. The molecule has 128 valence electrons. The molecule has 2 aromatic carbocycles. The molecule has 1 N–H and O–H groups in total. The second-order valence-electron chi connectivity index (χ2n) is 5.41. The second kappa shape index (κ2) is 8.89. The predicted molar refractivity (Wildman–Crippen MR) is 91.3 cm³/mol.